The Labute approximate surface area is 153 Å². The zero-order chi connectivity index (χ0) is 18.4. The molecule has 2 aromatic rings. The van der Waals surface area contributed by atoms with Gasteiger partial charge in [-0.2, -0.15) is 4.31 Å². The second-order valence-corrected chi connectivity index (χ2v) is 7.71. The third-order valence-electron chi connectivity index (χ3n) is 3.59. The zero-order valence-corrected chi connectivity index (χ0v) is 15.8. The SMILES string of the molecule is COc1ccc(CN(C)S(=O)(=O)/C=C/c2ccc(Cl)cc2)cc1OC. The average Bonchev–Trinajstić information content (AvgIpc) is 2.61. The van der Waals surface area contributed by atoms with Gasteiger partial charge in [0.15, 0.2) is 11.5 Å². The van der Waals surface area contributed by atoms with E-state index in [1.807, 2.05) is 0 Å². The summed E-state index contributed by atoms with van der Waals surface area (Å²) in [7, 11) is 1.06. The average molecular weight is 382 g/mol. The summed E-state index contributed by atoms with van der Waals surface area (Å²) < 4.78 is 36.5. The predicted molar refractivity (Wildman–Crippen MR) is 100 cm³/mol. The second kappa shape index (κ2) is 8.38. The molecule has 0 bridgehead atoms. The molecule has 0 aliphatic carbocycles. The maximum absolute atomic E-state index is 12.4. The van der Waals surface area contributed by atoms with Gasteiger partial charge in [0.05, 0.1) is 14.2 Å². The number of sulfonamides is 1. The van der Waals surface area contributed by atoms with Gasteiger partial charge in [-0.25, -0.2) is 8.42 Å². The monoisotopic (exact) mass is 381 g/mol. The van der Waals surface area contributed by atoms with Crippen LogP contribution >= 0.6 is 11.6 Å². The Balaban J connectivity index is 2.13. The molecule has 25 heavy (non-hydrogen) atoms. The molecule has 0 saturated heterocycles. The minimum atomic E-state index is -3.55. The highest BCUT2D eigenvalue weighted by atomic mass is 35.5. The molecule has 0 aromatic heterocycles. The summed E-state index contributed by atoms with van der Waals surface area (Å²) in [6.07, 6.45) is 1.54. The Morgan fingerprint density at radius 2 is 1.68 bits per heavy atom. The zero-order valence-electron chi connectivity index (χ0n) is 14.3. The lowest BCUT2D eigenvalue weighted by molar-refractivity contribution is 0.354. The number of nitrogens with zero attached hydrogens (tertiary/aromatic N) is 1. The molecule has 7 heteroatoms. The molecular weight excluding hydrogens is 362 g/mol. The Hall–Kier alpha value is -2.02. The van der Waals surface area contributed by atoms with E-state index in [1.54, 1.807) is 49.6 Å². The molecule has 2 aromatic carbocycles. The lowest BCUT2D eigenvalue weighted by atomic mass is 10.2. The first kappa shape index (κ1) is 19.3. The fourth-order valence-electron chi connectivity index (χ4n) is 2.17. The summed E-state index contributed by atoms with van der Waals surface area (Å²) in [4.78, 5) is 0. The van der Waals surface area contributed by atoms with E-state index in [4.69, 9.17) is 21.1 Å². The van der Waals surface area contributed by atoms with E-state index in [2.05, 4.69) is 0 Å². The van der Waals surface area contributed by atoms with Gasteiger partial charge in [0.25, 0.3) is 0 Å². The fourth-order valence-corrected chi connectivity index (χ4v) is 3.16. The lowest BCUT2D eigenvalue weighted by Gasteiger charge is -2.16. The molecule has 0 amide bonds. The van der Waals surface area contributed by atoms with Crippen molar-refractivity contribution in [3.63, 3.8) is 0 Å². The van der Waals surface area contributed by atoms with Crippen molar-refractivity contribution >= 4 is 27.7 Å². The van der Waals surface area contributed by atoms with Crippen LogP contribution in [-0.4, -0.2) is 34.0 Å². The maximum atomic E-state index is 12.4. The lowest BCUT2D eigenvalue weighted by Crippen LogP contribution is -2.24. The van der Waals surface area contributed by atoms with Crippen molar-refractivity contribution in [2.45, 2.75) is 6.54 Å². The molecular formula is C18H20ClNO4S. The van der Waals surface area contributed by atoms with E-state index in [-0.39, 0.29) is 6.54 Å². The van der Waals surface area contributed by atoms with Crippen molar-refractivity contribution < 1.29 is 17.9 Å². The van der Waals surface area contributed by atoms with Crippen LogP contribution in [0.25, 0.3) is 6.08 Å². The van der Waals surface area contributed by atoms with Crippen LogP contribution in [0.5, 0.6) is 11.5 Å². The number of rotatable bonds is 7. The molecule has 0 unspecified atom stereocenters. The molecule has 0 spiro atoms. The summed E-state index contributed by atoms with van der Waals surface area (Å²) in [6.45, 7) is 0.216. The van der Waals surface area contributed by atoms with E-state index >= 15 is 0 Å². The van der Waals surface area contributed by atoms with E-state index < -0.39 is 10.0 Å². The minimum Gasteiger partial charge on any atom is -0.493 e. The highest BCUT2D eigenvalue weighted by Gasteiger charge is 2.15. The van der Waals surface area contributed by atoms with Crippen molar-refractivity contribution in [1.82, 2.24) is 4.31 Å². The van der Waals surface area contributed by atoms with Crippen molar-refractivity contribution in [2.24, 2.45) is 0 Å². The van der Waals surface area contributed by atoms with Crippen LogP contribution in [-0.2, 0) is 16.6 Å². The number of benzene rings is 2. The first-order valence-corrected chi connectivity index (χ1v) is 9.34. The van der Waals surface area contributed by atoms with Gasteiger partial charge in [-0.1, -0.05) is 29.8 Å². The fraction of sp³-hybridized carbons (Fsp3) is 0.222. The first-order valence-electron chi connectivity index (χ1n) is 7.46. The van der Waals surface area contributed by atoms with Crippen LogP contribution in [0.2, 0.25) is 5.02 Å². The highest BCUT2D eigenvalue weighted by Crippen LogP contribution is 2.28. The van der Waals surface area contributed by atoms with Crippen LogP contribution in [0.1, 0.15) is 11.1 Å². The quantitative estimate of drug-likeness (QED) is 0.732. The molecule has 0 atom stereocenters. The normalized spacial score (nSPS) is 11.9. The Kier molecular flexibility index (Phi) is 6.47. The first-order chi connectivity index (χ1) is 11.9. The van der Waals surface area contributed by atoms with Crippen molar-refractivity contribution in [3.8, 4) is 11.5 Å². The minimum absolute atomic E-state index is 0.216. The van der Waals surface area contributed by atoms with Gasteiger partial charge >= 0.3 is 0 Å². The third kappa shape index (κ3) is 5.22. The standard InChI is InChI=1S/C18H20ClNO4S/c1-20(13-15-6-9-17(23-2)18(12-15)24-3)25(21,22)11-10-14-4-7-16(19)8-5-14/h4-12H,13H2,1-3H3/b11-10+. The number of hydrogen-bond donors (Lipinski definition) is 0. The van der Waals surface area contributed by atoms with Gasteiger partial charge in [-0.15, -0.1) is 0 Å². The summed E-state index contributed by atoms with van der Waals surface area (Å²) in [5, 5.41) is 1.78. The third-order valence-corrected chi connectivity index (χ3v) is 5.32. The highest BCUT2D eigenvalue weighted by molar-refractivity contribution is 7.92. The number of methoxy groups -OCH3 is 2. The van der Waals surface area contributed by atoms with Gasteiger partial charge in [0.2, 0.25) is 10.0 Å². The Morgan fingerprint density at radius 3 is 2.28 bits per heavy atom. The second-order valence-electron chi connectivity index (χ2n) is 5.34. The van der Waals surface area contributed by atoms with Gasteiger partial charge in [-0.3, -0.25) is 0 Å². The van der Waals surface area contributed by atoms with Crippen LogP contribution < -0.4 is 9.47 Å². The van der Waals surface area contributed by atoms with Crippen LogP contribution in [0.3, 0.4) is 0 Å². The molecule has 0 aliphatic heterocycles. The largest absolute Gasteiger partial charge is 0.493 e. The van der Waals surface area contributed by atoms with E-state index in [1.165, 1.54) is 29.9 Å². The van der Waals surface area contributed by atoms with Crippen LogP contribution in [0, 0.1) is 0 Å². The number of hydrogen-bond acceptors (Lipinski definition) is 4. The molecule has 0 saturated carbocycles. The smallest absolute Gasteiger partial charge is 0.236 e. The molecule has 0 heterocycles. The summed E-state index contributed by atoms with van der Waals surface area (Å²) in [5.41, 5.74) is 1.55. The predicted octanol–water partition coefficient (Wildman–Crippen LogP) is 3.79. The molecule has 0 aliphatic rings. The molecule has 2 rings (SSSR count). The maximum Gasteiger partial charge on any atom is 0.236 e. The summed E-state index contributed by atoms with van der Waals surface area (Å²) in [6, 6.07) is 12.2. The van der Waals surface area contributed by atoms with Gasteiger partial charge in [0, 0.05) is 24.0 Å². The van der Waals surface area contributed by atoms with Crippen molar-refractivity contribution in [2.75, 3.05) is 21.3 Å². The Morgan fingerprint density at radius 1 is 1.04 bits per heavy atom. The van der Waals surface area contributed by atoms with Gasteiger partial charge in [0.1, 0.15) is 0 Å². The summed E-state index contributed by atoms with van der Waals surface area (Å²) in [5.74, 6) is 1.15. The van der Waals surface area contributed by atoms with Crippen LogP contribution in [0.4, 0.5) is 0 Å². The topological polar surface area (TPSA) is 55.8 Å². The number of ether oxygens (including phenoxy) is 2. The van der Waals surface area contributed by atoms with E-state index in [9.17, 15) is 8.42 Å². The molecule has 0 radical (unpaired) electrons. The van der Waals surface area contributed by atoms with Crippen LogP contribution in [0.15, 0.2) is 47.9 Å². The van der Waals surface area contributed by atoms with E-state index in [0.29, 0.717) is 16.5 Å². The van der Waals surface area contributed by atoms with Gasteiger partial charge in [-0.05, 0) is 41.5 Å². The molecule has 0 fully saturated rings. The Bertz CT molecular complexity index is 848. The molecule has 5 nitrogen and oxygen atoms in total. The molecule has 0 N–H and O–H groups in total. The van der Waals surface area contributed by atoms with E-state index in [0.717, 1.165) is 11.1 Å². The van der Waals surface area contributed by atoms with Crippen molar-refractivity contribution in [3.05, 3.63) is 64.0 Å². The molecule has 134 valence electrons. The van der Waals surface area contributed by atoms with Gasteiger partial charge < -0.3 is 9.47 Å². The van der Waals surface area contributed by atoms with Crippen molar-refractivity contribution in [1.29, 1.82) is 0 Å². The summed E-state index contributed by atoms with van der Waals surface area (Å²) >= 11 is 5.82. The number of halogens is 1.